The van der Waals surface area contributed by atoms with E-state index < -0.39 is 0 Å². The van der Waals surface area contributed by atoms with Crippen LogP contribution in [0.3, 0.4) is 0 Å². The number of likely N-dealkylation sites (tertiary alicyclic amines) is 1. The molecule has 0 amide bonds. The zero-order valence-corrected chi connectivity index (χ0v) is 14.2. The van der Waals surface area contributed by atoms with Gasteiger partial charge in [-0.05, 0) is 57.0 Å². The van der Waals surface area contributed by atoms with Crippen LogP contribution in [0.4, 0.5) is 5.69 Å². The zero-order valence-electron chi connectivity index (χ0n) is 12.6. The summed E-state index contributed by atoms with van der Waals surface area (Å²) in [7, 11) is 0. The van der Waals surface area contributed by atoms with E-state index >= 15 is 0 Å². The molecule has 2 heterocycles. The van der Waals surface area contributed by atoms with Crippen molar-refractivity contribution in [1.82, 2.24) is 4.90 Å². The lowest BCUT2D eigenvalue weighted by atomic mass is 9.99. The number of anilines is 1. The molecule has 0 aliphatic carbocycles. The van der Waals surface area contributed by atoms with Crippen molar-refractivity contribution >= 4 is 21.6 Å². The van der Waals surface area contributed by atoms with Gasteiger partial charge in [-0.2, -0.15) is 0 Å². The molecule has 0 unspecified atom stereocenters. The van der Waals surface area contributed by atoms with E-state index in [1.165, 1.54) is 50.9 Å². The first-order valence-corrected chi connectivity index (χ1v) is 8.95. The smallest absolute Gasteiger partial charge is 0.0702 e. The first-order valence-electron chi connectivity index (χ1n) is 8.16. The molecule has 3 rings (SSSR count). The van der Waals surface area contributed by atoms with Crippen LogP contribution >= 0.6 is 15.9 Å². The standard InChI is InChI=1S/C17H25BrN2O/c18-15-4-5-17(14(12-15)13-21)20-10-6-16(7-11-20)19-8-2-1-3-9-19/h4-5,12,16,21H,1-3,6-11,13H2. The molecule has 0 saturated carbocycles. The van der Waals surface area contributed by atoms with Crippen LogP contribution in [0.2, 0.25) is 0 Å². The number of piperidine rings is 2. The van der Waals surface area contributed by atoms with E-state index in [0.29, 0.717) is 0 Å². The lowest BCUT2D eigenvalue weighted by Crippen LogP contribution is -2.46. The summed E-state index contributed by atoms with van der Waals surface area (Å²) in [6.07, 6.45) is 6.67. The molecule has 3 nitrogen and oxygen atoms in total. The predicted molar refractivity (Wildman–Crippen MR) is 90.7 cm³/mol. The topological polar surface area (TPSA) is 26.7 Å². The van der Waals surface area contributed by atoms with Crippen molar-refractivity contribution in [2.45, 2.75) is 44.8 Å². The Morgan fingerprint density at radius 3 is 2.43 bits per heavy atom. The van der Waals surface area contributed by atoms with Gasteiger partial charge in [-0.15, -0.1) is 0 Å². The first-order chi connectivity index (χ1) is 10.3. The molecular weight excluding hydrogens is 328 g/mol. The third-order valence-corrected chi connectivity index (χ3v) is 5.42. The summed E-state index contributed by atoms with van der Waals surface area (Å²) in [6.45, 7) is 4.92. The van der Waals surface area contributed by atoms with Gasteiger partial charge in [-0.3, -0.25) is 0 Å². The number of halogens is 1. The van der Waals surface area contributed by atoms with E-state index in [9.17, 15) is 5.11 Å². The fourth-order valence-electron chi connectivity index (χ4n) is 3.74. The summed E-state index contributed by atoms with van der Waals surface area (Å²) >= 11 is 3.49. The summed E-state index contributed by atoms with van der Waals surface area (Å²) in [5, 5.41) is 9.57. The van der Waals surface area contributed by atoms with Gasteiger partial charge in [0.05, 0.1) is 6.61 Å². The van der Waals surface area contributed by atoms with Gasteiger partial charge in [0.2, 0.25) is 0 Å². The monoisotopic (exact) mass is 352 g/mol. The maximum Gasteiger partial charge on any atom is 0.0702 e. The van der Waals surface area contributed by atoms with Crippen LogP contribution in [-0.2, 0) is 6.61 Å². The molecule has 0 bridgehead atoms. The minimum absolute atomic E-state index is 0.112. The average molecular weight is 353 g/mol. The molecule has 2 fully saturated rings. The number of benzene rings is 1. The van der Waals surface area contributed by atoms with Crippen LogP contribution in [0.15, 0.2) is 22.7 Å². The van der Waals surface area contributed by atoms with Gasteiger partial charge in [-0.25, -0.2) is 0 Å². The van der Waals surface area contributed by atoms with Crippen LogP contribution in [-0.4, -0.2) is 42.2 Å². The van der Waals surface area contributed by atoms with Gasteiger partial charge in [0.25, 0.3) is 0 Å². The van der Waals surface area contributed by atoms with Crippen molar-refractivity contribution in [3.05, 3.63) is 28.2 Å². The second-order valence-corrected chi connectivity index (χ2v) is 7.16. The van der Waals surface area contributed by atoms with Gasteiger partial charge in [0.1, 0.15) is 0 Å². The van der Waals surface area contributed by atoms with Crippen molar-refractivity contribution in [1.29, 1.82) is 0 Å². The van der Waals surface area contributed by atoms with Crippen molar-refractivity contribution in [3.8, 4) is 0 Å². The fourth-order valence-corrected chi connectivity index (χ4v) is 4.15. The van der Waals surface area contributed by atoms with Crippen molar-refractivity contribution in [2.75, 3.05) is 31.1 Å². The highest BCUT2D eigenvalue weighted by atomic mass is 79.9. The Hall–Kier alpha value is -0.580. The maximum atomic E-state index is 9.57. The van der Waals surface area contributed by atoms with E-state index in [1.807, 2.05) is 6.07 Å². The van der Waals surface area contributed by atoms with Gasteiger partial charge < -0.3 is 14.9 Å². The number of nitrogens with zero attached hydrogens (tertiary/aromatic N) is 2. The summed E-state index contributed by atoms with van der Waals surface area (Å²) in [4.78, 5) is 5.15. The largest absolute Gasteiger partial charge is 0.392 e. The SMILES string of the molecule is OCc1cc(Br)ccc1N1CCC(N2CCCCC2)CC1. The van der Waals surface area contributed by atoms with Crippen LogP contribution in [0.1, 0.15) is 37.7 Å². The normalized spacial score (nSPS) is 21.7. The molecule has 1 N–H and O–H groups in total. The Kier molecular flexibility index (Phi) is 5.19. The van der Waals surface area contributed by atoms with Gasteiger partial charge in [0, 0.05) is 34.9 Å². The molecule has 0 radical (unpaired) electrons. The van der Waals surface area contributed by atoms with E-state index in [1.54, 1.807) is 0 Å². The lowest BCUT2D eigenvalue weighted by Gasteiger charge is -2.41. The number of aliphatic hydroxyl groups is 1. The summed E-state index contributed by atoms with van der Waals surface area (Å²) in [5.41, 5.74) is 2.23. The molecule has 116 valence electrons. The van der Waals surface area contributed by atoms with Crippen molar-refractivity contribution < 1.29 is 5.11 Å². The highest BCUT2D eigenvalue weighted by Crippen LogP contribution is 2.29. The Bertz CT molecular complexity index is 466. The van der Waals surface area contributed by atoms with Crippen LogP contribution in [0.25, 0.3) is 0 Å². The third kappa shape index (κ3) is 3.61. The number of aliphatic hydroxyl groups excluding tert-OH is 1. The second-order valence-electron chi connectivity index (χ2n) is 6.25. The highest BCUT2D eigenvalue weighted by Gasteiger charge is 2.26. The summed E-state index contributed by atoms with van der Waals surface area (Å²) < 4.78 is 1.04. The Labute approximate surface area is 136 Å². The molecule has 21 heavy (non-hydrogen) atoms. The molecule has 0 atom stereocenters. The molecule has 1 aromatic carbocycles. The molecule has 2 saturated heterocycles. The average Bonchev–Trinajstić information content (AvgIpc) is 2.56. The Morgan fingerprint density at radius 1 is 1.05 bits per heavy atom. The minimum atomic E-state index is 0.112. The number of hydrogen-bond acceptors (Lipinski definition) is 3. The second kappa shape index (κ2) is 7.12. The fraction of sp³-hybridized carbons (Fsp3) is 0.647. The minimum Gasteiger partial charge on any atom is -0.392 e. The van der Waals surface area contributed by atoms with E-state index in [2.05, 4.69) is 37.9 Å². The van der Waals surface area contributed by atoms with Gasteiger partial charge >= 0.3 is 0 Å². The first kappa shape index (κ1) is 15.3. The van der Waals surface area contributed by atoms with Crippen molar-refractivity contribution in [2.24, 2.45) is 0 Å². The molecule has 0 spiro atoms. The molecule has 2 aliphatic heterocycles. The van der Waals surface area contributed by atoms with Gasteiger partial charge in [0.15, 0.2) is 0 Å². The van der Waals surface area contributed by atoms with Crippen LogP contribution < -0.4 is 4.90 Å². The number of rotatable bonds is 3. The Morgan fingerprint density at radius 2 is 1.76 bits per heavy atom. The Balaban J connectivity index is 1.62. The van der Waals surface area contributed by atoms with Crippen molar-refractivity contribution in [3.63, 3.8) is 0 Å². The molecule has 4 heteroatoms. The third-order valence-electron chi connectivity index (χ3n) is 4.92. The van der Waals surface area contributed by atoms with Crippen LogP contribution in [0.5, 0.6) is 0 Å². The van der Waals surface area contributed by atoms with E-state index in [-0.39, 0.29) is 6.61 Å². The van der Waals surface area contributed by atoms with E-state index in [0.717, 1.165) is 29.2 Å². The quantitative estimate of drug-likeness (QED) is 0.902. The zero-order chi connectivity index (χ0) is 14.7. The van der Waals surface area contributed by atoms with Crippen LogP contribution in [0, 0.1) is 0 Å². The molecular formula is C17H25BrN2O. The van der Waals surface area contributed by atoms with Gasteiger partial charge in [-0.1, -0.05) is 22.4 Å². The summed E-state index contributed by atoms with van der Waals surface area (Å²) in [6, 6.07) is 7.02. The lowest BCUT2D eigenvalue weighted by molar-refractivity contribution is 0.141. The molecule has 0 aromatic heterocycles. The van der Waals surface area contributed by atoms with E-state index in [4.69, 9.17) is 0 Å². The number of hydrogen-bond donors (Lipinski definition) is 1. The molecule has 2 aliphatic rings. The highest BCUT2D eigenvalue weighted by molar-refractivity contribution is 9.10. The predicted octanol–water partition coefficient (Wildman–Crippen LogP) is 3.40. The summed E-state index contributed by atoms with van der Waals surface area (Å²) in [5.74, 6) is 0. The maximum absolute atomic E-state index is 9.57. The molecule has 1 aromatic rings.